The third kappa shape index (κ3) is 3.11. The summed E-state index contributed by atoms with van der Waals surface area (Å²) in [6, 6.07) is 12.5. The third-order valence-electron chi connectivity index (χ3n) is 4.46. The van der Waals surface area contributed by atoms with Crippen molar-refractivity contribution in [1.82, 2.24) is 14.3 Å². The van der Waals surface area contributed by atoms with Crippen molar-refractivity contribution in [1.29, 1.82) is 0 Å². The Morgan fingerprint density at radius 3 is 2.60 bits per heavy atom. The van der Waals surface area contributed by atoms with Gasteiger partial charge in [-0.25, -0.2) is 4.98 Å². The summed E-state index contributed by atoms with van der Waals surface area (Å²) in [5, 5.41) is 10.9. The van der Waals surface area contributed by atoms with Crippen molar-refractivity contribution in [3.63, 3.8) is 0 Å². The topological polar surface area (TPSA) is 72.9 Å². The van der Waals surface area contributed by atoms with Gasteiger partial charge in [0, 0.05) is 43.5 Å². The van der Waals surface area contributed by atoms with Crippen LogP contribution in [0.5, 0.6) is 0 Å². The Bertz CT molecular complexity index is 898. The summed E-state index contributed by atoms with van der Waals surface area (Å²) < 4.78 is 7.52. The van der Waals surface area contributed by atoms with E-state index in [1.54, 1.807) is 12.1 Å². The van der Waals surface area contributed by atoms with Gasteiger partial charge < -0.3 is 9.14 Å². The van der Waals surface area contributed by atoms with Crippen LogP contribution in [0.4, 0.5) is 5.69 Å². The number of morpholine rings is 1. The smallest absolute Gasteiger partial charge is 0.269 e. The molecule has 0 aliphatic carbocycles. The summed E-state index contributed by atoms with van der Waals surface area (Å²) in [6.07, 6.45) is 2.01. The lowest BCUT2D eigenvalue weighted by Gasteiger charge is -2.26. The van der Waals surface area contributed by atoms with Crippen molar-refractivity contribution in [3.05, 3.63) is 64.5 Å². The molecule has 0 atom stereocenters. The molecule has 3 aromatic rings. The number of nitrogens with zero attached hydrogens (tertiary/aromatic N) is 4. The Morgan fingerprint density at radius 2 is 1.88 bits per heavy atom. The van der Waals surface area contributed by atoms with E-state index in [4.69, 9.17) is 9.72 Å². The first-order valence-electron chi connectivity index (χ1n) is 8.23. The molecule has 7 heteroatoms. The SMILES string of the molecule is O=[N+]([O-])c1ccc(-c2nc3ccccn3c2CN2CCOCC2)cc1. The number of rotatable bonds is 4. The minimum Gasteiger partial charge on any atom is -0.379 e. The van der Waals surface area contributed by atoms with Gasteiger partial charge in [0.05, 0.1) is 29.5 Å². The first-order valence-corrected chi connectivity index (χ1v) is 8.23. The monoisotopic (exact) mass is 338 g/mol. The molecule has 0 radical (unpaired) electrons. The predicted molar refractivity (Wildman–Crippen MR) is 93.4 cm³/mol. The molecule has 25 heavy (non-hydrogen) atoms. The molecule has 1 aliphatic rings. The molecule has 3 heterocycles. The molecule has 0 spiro atoms. The summed E-state index contributed by atoms with van der Waals surface area (Å²) in [5.74, 6) is 0. The fourth-order valence-corrected chi connectivity index (χ4v) is 3.14. The minimum absolute atomic E-state index is 0.0854. The maximum Gasteiger partial charge on any atom is 0.269 e. The van der Waals surface area contributed by atoms with E-state index in [1.165, 1.54) is 12.1 Å². The second-order valence-electron chi connectivity index (χ2n) is 6.03. The Labute approximate surface area is 144 Å². The highest BCUT2D eigenvalue weighted by Crippen LogP contribution is 2.27. The fraction of sp³-hybridized carbons (Fsp3) is 0.278. The summed E-state index contributed by atoms with van der Waals surface area (Å²) in [5.41, 5.74) is 3.80. The first kappa shape index (κ1) is 15.7. The van der Waals surface area contributed by atoms with Gasteiger partial charge in [-0.05, 0) is 24.3 Å². The van der Waals surface area contributed by atoms with E-state index in [0.717, 1.165) is 55.4 Å². The van der Waals surface area contributed by atoms with Crippen molar-refractivity contribution >= 4 is 11.3 Å². The van der Waals surface area contributed by atoms with Crippen LogP contribution in [-0.4, -0.2) is 45.5 Å². The quantitative estimate of drug-likeness (QED) is 0.540. The number of imidazole rings is 1. The van der Waals surface area contributed by atoms with Crippen LogP contribution in [0.25, 0.3) is 16.9 Å². The second kappa shape index (κ2) is 6.62. The number of non-ortho nitro benzene ring substituents is 1. The first-order chi connectivity index (χ1) is 12.2. The van der Waals surface area contributed by atoms with Crippen LogP contribution in [0, 0.1) is 10.1 Å². The van der Waals surface area contributed by atoms with E-state index < -0.39 is 0 Å². The summed E-state index contributed by atoms with van der Waals surface area (Å²) in [4.78, 5) is 17.6. The molecule has 1 aliphatic heterocycles. The molecule has 4 rings (SSSR count). The van der Waals surface area contributed by atoms with Gasteiger partial charge in [0.2, 0.25) is 0 Å². The zero-order valence-corrected chi connectivity index (χ0v) is 13.7. The molecule has 128 valence electrons. The predicted octanol–water partition coefficient (Wildman–Crippen LogP) is 2.74. The van der Waals surface area contributed by atoms with Gasteiger partial charge in [0.25, 0.3) is 5.69 Å². The van der Waals surface area contributed by atoms with Gasteiger partial charge in [0.1, 0.15) is 5.65 Å². The number of nitro benzene ring substituents is 1. The lowest BCUT2D eigenvalue weighted by molar-refractivity contribution is -0.384. The average Bonchev–Trinajstić information content (AvgIpc) is 3.01. The second-order valence-corrected chi connectivity index (χ2v) is 6.03. The average molecular weight is 338 g/mol. The lowest BCUT2D eigenvalue weighted by Crippen LogP contribution is -2.36. The summed E-state index contributed by atoms with van der Waals surface area (Å²) >= 11 is 0. The number of pyridine rings is 1. The molecular weight excluding hydrogens is 320 g/mol. The maximum absolute atomic E-state index is 10.9. The molecule has 0 unspecified atom stereocenters. The number of ether oxygens (including phenoxy) is 1. The largest absolute Gasteiger partial charge is 0.379 e. The Hall–Kier alpha value is -2.77. The third-order valence-corrected chi connectivity index (χ3v) is 4.46. The number of fused-ring (bicyclic) bond motifs is 1. The van der Waals surface area contributed by atoms with Crippen LogP contribution in [-0.2, 0) is 11.3 Å². The summed E-state index contributed by atoms with van der Waals surface area (Å²) in [7, 11) is 0. The zero-order valence-electron chi connectivity index (χ0n) is 13.7. The number of hydrogen-bond donors (Lipinski definition) is 0. The van der Waals surface area contributed by atoms with Gasteiger partial charge in [-0.3, -0.25) is 15.0 Å². The minimum atomic E-state index is -0.387. The van der Waals surface area contributed by atoms with Crippen molar-refractivity contribution < 1.29 is 9.66 Å². The van der Waals surface area contributed by atoms with E-state index in [9.17, 15) is 10.1 Å². The number of aromatic nitrogens is 2. The van der Waals surface area contributed by atoms with Crippen LogP contribution in [0.1, 0.15) is 5.69 Å². The van der Waals surface area contributed by atoms with E-state index >= 15 is 0 Å². The van der Waals surface area contributed by atoms with E-state index in [-0.39, 0.29) is 10.6 Å². The highest BCUT2D eigenvalue weighted by atomic mass is 16.6. The normalized spacial score (nSPS) is 15.5. The highest BCUT2D eigenvalue weighted by molar-refractivity contribution is 5.67. The van der Waals surface area contributed by atoms with Crippen LogP contribution in [0.15, 0.2) is 48.7 Å². The van der Waals surface area contributed by atoms with Gasteiger partial charge in [0.15, 0.2) is 0 Å². The Morgan fingerprint density at radius 1 is 1.12 bits per heavy atom. The van der Waals surface area contributed by atoms with Crippen molar-refractivity contribution in [2.24, 2.45) is 0 Å². The molecule has 0 N–H and O–H groups in total. The molecule has 2 aromatic heterocycles. The van der Waals surface area contributed by atoms with Crippen molar-refractivity contribution in [2.45, 2.75) is 6.54 Å². The number of benzene rings is 1. The van der Waals surface area contributed by atoms with Crippen molar-refractivity contribution in [2.75, 3.05) is 26.3 Å². The van der Waals surface area contributed by atoms with E-state index in [2.05, 4.69) is 9.30 Å². The molecule has 1 saturated heterocycles. The molecule has 0 saturated carbocycles. The maximum atomic E-state index is 10.9. The Kier molecular flexibility index (Phi) is 4.17. The van der Waals surface area contributed by atoms with E-state index in [0.29, 0.717) is 0 Å². The van der Waals surface area contributed by atoms with Crippen LogP contribution < -0.4 is 0 Å². The molecule has 7 nitrogen and oxygen atoms in total. The van der Waals surface area contributed by atoms with Crippen LogP contribution >= 0.6 is 0 Å². The van der Waals surface area contributed by atoms with Crippen LogP contribution in [0.2, 0.25) is 0 Å². The van der Waals surface area contributed by atoms with Gasteiger partial charge >= 0.3 is 0 Å². The molecule has 1 fully saturated rings. The molecular formula is C18H18N4O3. The molecule has 1 aromatic carbocycles. The van der Waals surface area contributed by atoms with Gasteiger partial charge in [-0.2, -0.15) is 0 Å². The van der Waals surface area contributed by atoms with Gasteiger partial charge in [-0.1, -0.05) is 6.07 Å². The lowest BCUT2D eigenvalue weighted by atomic mass is 10.1. The molecule has 0 amide bonds. The summed E-state index contributed by atoms with van der Waals surface area (Å²) in [6.45, 7) is 4.02. The van der Waals surface area contributed by atoms with E-state index in [1.807, 2.05) is 24.4 Å². The highest BCUT2D eigenvalue weighted by Gasteiger charge is 2.19. The van der Waals surface area contributed by atoms with Crippen molar-refractivity contribution in [3.8, 4) is 11.3 Å². The Balaban J connectivity index is 1.76. The molecule has 0 bridgehead atoms. The van der Waals surface area contributed by atoms with Crippen LogP contribution in [0.3, 0.4) is 0 Å². The fourth-order valence-electron chi connectivity index (χ4n) is 3.14. The number of nitro groups is 1. The standard InChI is InChI=1S/C18H18N4O3/c23-22(24)15-6-4-14(5-7-15)18-16(13-20-9-11-25-12-10-20)21-8-2-1-3-17(21)19-18/h1-8H,9-13H2. The zero-order chi connectivity index (χ0) is 17.2. The number of hydrogen-bond acceptors (Lipinski definition) is 5. The van der Waals surface area contributed by atoms with Gasteiger partial charge in [-0.15, -0.1) is 0 Å².